The SMILES string of the molecule is c1cnnc(-c2cc(C3CC3)on2)c1. The van der Waals surface area contributed by atoms with Gasteiger partial charge < -0.3 is 4.52 Å². The van der Waals surface area contributed by atoms with Gasteiger partial charge in [0.1, 0.15) is 17.1 Å². The molecule has 0 spiro atoms. The monoisotopic (exact) mass is 187 g/mol. The molecular weight excluding hydrogens is 178 g/mol. The van der Waals surface area contributed by atoms with E-state index >= 15 is 0 Å². The highest BCUT2D eigenvalue weighted by Gasteiger charge is 2.28. The zero-order valence-electron chi connectivity index (χ0n) is 7.55. The van der Waals surface area contributed by atoms with Crippen molar-refractivity contribution < 1.29 is 4.52 Å². The van der Waals surface area contributed by atoms with Crippen molar-refractivity contribution in [2.24, 2.45) is 0 Å². The average Bonchev–Trinajstić information content (AvgIpc) is 2.98. The van der Waals surface area contributed by atoms with E-state index in [1.165, 1.54) is 12.8 Å². The van der Waals surface area contributed by atoms with Crippen LogP contribution in [-0.2, 0) is 0 Å². The van der Waals surface area contributed by atoms with Crippen molar-refractivity contribution >= 4 is 0 Å². The topological polar surface area (TPSA) is 51.8 Å². The summed E-state index contributed by atoms with van der Waals surface area (Å²) in [6, 6.07) is 5.68. The van der Waals surface area contributed by atoms with Crippen LogP contribution >= 0.6 is 0 Å². The highest BCUT2D eigenvalue weighted by Crippen LogP contribution is 2.40. The van der Waals surface area contributed by atoms with Gasteiger partial charge in [0.15, 0.2) is 0 Å². The highest BCUT2D eigenvalue weighted by molar-refractivity contribution is 5.52. The summed E-state index contributed by atoms with van der Waals surface area (Å²) >= 11 is 0. The molecule has 1 saturated carbocycles. The minimum absolute atomic E-state index is 0.591. The minimum atomic E-state index is 0.591. The zero-order valence-corrected chi connectivity index (χ0v) is 7.55. The second kappa shape index (κ2) is 2.90. The fourth-order valence-corrected chi connectivity index (χ4v) is 1.41. The van der Waals surface area contributed by atoms with E-state index in [1.54, 1.807) is 6.20 Å². The molecule has 14 heavy (non-hydrogen) atoms. The summed E-state index contributed by atoms with van der Waals surface area (Å²) in [5.41, 5.74) is 1.54. The molecule has 0 aliphatic heterocycles. The van der Waals surface area contributed by atoms with Crippen molar-refractivity contribution in [3.8, 4) is 11.4 Å². The third-order valence-corrected chi connectivity index (χ3v) is 2.34. The van der Waals surface area contributed by atoms with E-state index in [0.29, 0.717) is 5.92 Å². The molecule has 0 bridgehead atoms. The molecule has 0 radical (unpaired) electrons. The molecule has 1 aliphatic rings. The van der Waals surface area contributed by atoms with Gasteiger partial charge in [-0.25, -0.2) is 0 Å². The Kier molecular flexibility index (Phi) is 1.59. The summed E-state index contributed by atoms with van der Waals surface area (Å²) in [5, 5.41) is 11.7. The Morgan fingerprint density at radius 2 is 2.21 bits per heavy atom. The van der Waals surface area contributed by atoms with Crippen LogP contribution in [0.2, 0.25) is 0 Å². The van der Waals surface area contributed by atoms with E-state index in [4.69, 9.17) is 4.52 Å². The predicted molar refractivity (Wildman–Crippen MR) is 49.5 cm³/mol. The van der Waals surface area contributed by atoms with Crippen molar-refractivity contribution in [3.63, 3.8) is 0 Å². The van der Waals surface area contributed by atoms with E-state index in [2.05, 4.69) is 15.4 Å². The van der Waals surface area contributed by atoms with Gasteiger partial charge in [0, 0.05) is 18.2 Å². The summed E-state index contributed by atoms with van der Waals surface area (Å²) < 4.78 is 5.23. The van der Waals surface area contributed by atoms with Crippen molar-refractivity contribution in [2.45, 2.75) is 18.8 Å². The van der Waals surface area contributed by atoms with Crippen LogP contribution in [0.1, 0.15) is 24.5 Å². The van der Waals surface area contributed by atoms with Crippen LogP contribution in [0.25, 0.3) is 11.4 Å². The highest BCUT2D eigenvalue weighted by atomic mass is 16.5. The molecular formula is C10H9N3O. The molecule has 1 aliphatic carbocycles. The zero-order chi connectivity index (χ0) is 9.38. The Bertz CT molecular complexity index is 434. The number of hydrogen-bond donors (Lipinski definition) is 0. The fourth-order valence-electron chi connectivity index (χ4n) is 1.41. The van der Waals surface area contributed by atoms with Crippen LogP contribution in [0.3, 0.4) is 0 Å². The lowest BCUT2D eigenvalue weighted by molar-refractivity contribution is 0.386. The first-order valence-corrected chi connectivity index (χ1v) is 4.68. The van der Waals surface area contributed by atoms with E-state index in [9.17, 15) is 0 Å². The molecule has 2 aromatic rings. The maximum absolute atomic E-state index is 5.23. The Morgan fingerprint density at radius 1 is 1.29 bits per heavy atom. The standard InChI is InChI=1S/C10H9N3O/c1-2-8(12-11-5-1)9-6-10(14-13-9)7-3-4-7/h1-2,5-7H,3-4H2. The summed E-state index contributed by atoms with van der Waals surface area (Å²) in [6.45, 7) is 0. The first-order chi connectivity index (χ1) is 6.93. The molecule has 0 unspecified atom stereocenters. The summed E-state index contributed by atoms with van der Waals surface area (Å²) in [5.74, 6) is 1.57. The number of aromatic nitrogens is 3. The Labute approximate surface area is 81.0 Å². The molecule has 70 valence electrons. The van der Waals surface area contributed by atoms with Gasteiger partial charge >= 0.3 is 0 Å². The maximum Gasteiger partial charge on any atom is 0.140 e. The Hall–Kier alpha value is -1.71. The van der Waals surface area contributed by atoms with E-state index < -0.39 is 0 Å². The number of rotatable bonds is 2. The van der Waals surface area contributed by atoms with E-state index in [1.807, 2.05) is 18.2 Å². The van der Waals surface area contributed by atoms with Crippen LogP contribution in [0.15, 0.2) is 28.9 Å². The molecule has 2 heterocycles. The van der Waals surface area contributed by atoms with Gasteiger partial charge in [0.2, 0.25) is 0 Å². The van der Waals surface area contributed by atoms with Crippen LogP contribution in [-0.4, -0.2) is 15.4 Å². The molecule has 0 N–H and O–H groups in total. The second-order valence-corrected chi connectivity index (χ2v) is 3.50. The maximum atomic E-state index is 5.23. The first-order valence-electron chi connectivity index (χ1n) is 4.68. The quantitative estimate of drug-likeness (QED) is 0.721. The molecule has 4 nitrogen and oxygen atoms in total. The minimum Gasteiger partial charge on any atom is -0.360 e. The normalized spacial score (nSPS) is 15.7. The molecule has 1 fully saturated rings. The molecule has 0 aromatic carbocycles. The van der Waals surface area contributed by atoms with Crippen LogP contribution in [0.5, 0.6) is 0 Å². The third-order valence-electron chi connectivity index (χ3n) is 2.34. The molecule has 0 amide bonds. The predicted octanol–water partition coefficient (Wildman–Crippen LogP) is 2.01. The second-order valence-electron chi connectivity index (χ2n) is 3.50. The Morgan fingerprint density at radius 3 is 2.93 bits per heavy atom. The van der Waals surface area contributed by atoms with Crippen molar-refractivity contribution in [1.82, 2.24) is 15.4 Å². The Balaban J connectivity index is 1.96. The fraction of sp³-hybridized carbons (Fsp3) is 0.300. The van der Waals surface area contributed by atoms with Gasteiger partial charge in [-0.1, -0.05) is 5.16 Å². The lowest BCUT2D eigenvalue weighted by Gasteiger charge is -1.88. The largest absolute Gasteiger partial charge is 0.360 e. The van der Waals surface area contributed by atoms with Gasteiger partial charge in [-0.3, -0.25) is 0 Å². The van der Waals surface area contributed by atoms with Crippen LogP contribution in [0.4, 0.5) is 0 Å². The lowest BCUT2D eigenvalue weighted by atomic mass is 10.2. The van der Waals surface area contributed by atoms with Crippen LogP contribution < -0.4 is 0 Å². The third kappa shape index (κ3) is 1.28. The van der Waals surface area contributed by atoms with Gasteiger partial charge in [-0.2, -0.15) is 5.10 Å². The number of nitrogens with zero attached hydrogens (tertiary/aromatic N) is 3. The summed E-state index contributed by atoms with van der Waals surface area (Å²) in [6.07, 6.45) is 4.08. The summed E-state index contributed by atoms with van der Waals surface area (Å²) in [4.78, 5) is 0. The van der Waals surface area contributed by atoms with Gasteiger partial charge in [-0.15, -0.1) is 5.10 Å². The molecule has 4 heteroatoms. The molecule has 0 atom stereocenters. The van der Waals surface area contributed by atoms with Gasteiger partial charge in [-0.05, 0) is 25.0 Å². The van der Waals surface area contributed by atoms with Gasteiger partial charge in [0.25, 0.3) is 0 Å². The smallest absolute Gasteiger partial charge is 0.140 e. The van der Waals surface area contributed by atoms with Crippen molar-refractivity contribution in [3.05, 3.63) is 30.2 Å². The lowest BCUT2D eigenvalue weighted by Crippen LogP contribution is -1.84. The summed E-state index contributed by atoms with van der Waals surface area (Å²) in [7, 11) is 0. The first kappa shape index (κ1) is 7.67. The van der Waals surface area contributed by atoms with E-state index in [-0.39, 0.29) is 0 Å². The molecule has 2 aromatic heterocycles. The van der Waals surface area contributed by atoms with Crippen LogP contribution in [0, 0.1) is 0 Å². The molecule has 0 saturated heterocycles. The van der Waals surface area contributed by atoms with Crippen molar-refractivity contribution in [2.75, 3.05) is 0 Å². The van der Waals surface area contributed by atoms with E-state index in [0.717, 1.165) is 17.1 Å². The molecule has 3 rings (SSSR count). The average molecular weight is 187 g/mol. The van der Waals surface area contributed by atoms with Gasteiger partial charge in [0.05, 0.1) is 0 Å². The van der Waals surface area contributed by atoms with Crippen molar-refractivity contribution in [1.29, 1.82) is 0 Å². The number of hydrogen-bond acceptors (Lipinski definition) is 4.